The lowest BCUT2D eigenvalue weighted by Crippen LogP contribution is -2.35. The second-order valence-corrected chi connectivity index (χ2v) is 7.01. The maximum absolute atomic E-state index is 12.0. The van der Waals surface area contributed by atoms with Crippen LogP contribution in [0.1, 0.15) is 45.7 Å². The molecule has 0 spiro atoms. The van der Waals surface area contributed by atoms with Crippen molar-refractivity contribution < 1.29 is 14.3 Å². The number of aromatic nitrogens is 1. The first kappa shape index (κ1) is 15.8. The molecule has 7 heteroatoms. The maximum atomic E-state index is 12.0. The summed E-state index contributed by atoms with van der Waals surface area (Å²) < 4.78 is 9.74. The summed E-state index contributed by atoms with van der Waals surface area (Å²) in [7, 11) is 0. The largest absolute Gasteiger partial charge is 0.444 e. The van der Waals surface area contributed by atoms with Crippen molar-refractivity contribution in [3.8, 4) is 0 Å². The predicted molar refractivity (Wildman–Crippen MR) is 81.6 cm³/mol. The molecule has 21 heavy (non-hydrogen) atoms. The van der Waals surface area contributed by atoms with E-state index in [1.165, 1.54) is 18.5 Å². The predicted octanol–water partition coefficient (Wildman–Crippen LogP) is 2.83. The number of ether oxygens (including phenoxy) is 1. The Hall–Kier alpha value is -1.63. The van der Waals surface area contributed by atoms with Crippen LogP contribution in [0.15, 0.2) is 6.07 Å². The molecule has 1 saturated heterocycles. The molecule has 1 fully saturated rings. The summed E-state index contributed by atoms with van der Waals surface area (Å²) in [6.45, 7) is 8.33. The molecule has 1 aromatic heterocycles. The van der Waals surface area contributed by atoms with E-state index < -0.39 is 5.60 Å². The Bertz CT molecular complexity index is 536. The molecule has 2 amide bonds. The fourth-order valence-corrected chi connectivity index (χ4v) is 2.98. The third-order valence-corrected chi connectivity index (χ3v) is 3.80. The summed E-state index contributed by atoms with van der Waals surface area (Å²) in [6.07, 6.45) is 0.588. The topological polar surface area (TPSA) is 71.5 Å². The Morgan fingerprint density at radius 2 is 2.19 bits per heavy atom. The molecule has 1 atom stereocenters. The zero-order valence-electron chi connectivity index (χ0n) is 12.8. The molecule has 116 valence electrons. The summed E-state index contributed by atoms with van der Waals surface area (Å²) in [5, 5.41) is 3.47. The van der Waals surface area contributed by atoms with Gasteiger partial charge >= 0.3 is 6.09 Å². The van der Waals surface area contributed by atoms with Crippen LogP contribution in [0.2, 0.25) is 0 Å². The lowest BCUT2D eigenvalue weighted by Gasteiger charge is -2.24. The van der Waals surface area contributed by atoms with Gasteiger partial charge in [0.05, 0.1) is 5.69 Å². The van der Waals surface area contributed by atoms with E-state index in [1.807, 2.05) is 26.8 Å². The third kappa shape index (κ3) is 4.42. The Balaban J connectivity index is 1.94. The normalized spacial score (nSPS) is 18.7. The first-order chi connectivity index (χ1) is 9.74. The Morgan fingerprint density at radius 1 is 1.48 bits per heavy atom. The van der Waals surface area contributed by atoms with E-state index in [-0.39, 0.29) is 17.9 Å². The van der Waals surface area contributed by atoms with Crippen LogP contribution in [0.4, 0.5) is 9.80 Å². The van der Waals surface area contributed by atoms with E-state index in [0.717, 1.165) is 17.1 Å². The van der Waals surface area contributed by atoms with Gasteiger partial charge in [0.15, 0.2) is 0 Å². The van der Waals surface area contributed by atoms with Gasteiger partial charge in [-0.25, -0.2) is 4.79 Å². The highest BCUT2D eigenvalue weighted by atomic mass is 32.1. The molecular formula is C14H21N3O3S. The second-order valence-electron chi connectivity index (χ2n) is 6.21. The highest BCUT2D eigenvalue weighted by Gasteiger charge is 2.31. The highest BCUT2D eigenvalue weighted by Crippen LogP contribution is 2.30. The van der Waals surface area contributed by atoms with Gasteiger partial charge in [-0.3, -0.25) is 4.79 Å². The molecular weight excluding hydrogens is 290 g/mol. The molecule has 1 unspecified atom stereocenters. The van der Waals surface area contributed by atoms with Gasteiger partial charge in [0.25, 0.3) is 0 Å². The fraction of sp³-hybridized carbons (Fsp3) is 0.643. The minimum Gasteiger partial charge on any atom is -0.444 e. The SMILES string of the molecule is CC(=O)Nc1cc(C2CCN(C(=O)OC(C)(C)C)C2)ns1. The molecule has 0 saturated carbocycles. The number of carbonyl (C=O) groups is 2. The first-order valence-corrected chi connectivity index (χ1v) is 7.74. The van der Waals surface area contributed by atoms with Crippen molar-refractivity contribution in [2.75, 3.05) is 18.4 Å². The summed E-state index contributed by atoms with van der Waals surface area (Å²) in [6, 6.07) is 1.88. The molecule has 2 heterocycles. The number of hydrogen-bond acceptors (Lipinski definition) is 5. The lowest BCUT2D eigenvalue weighted by molar-refractivity contribution is -0.114. The van der Waals surface area contributed by atoms with Crippen LogP contribution in [-0.4, -0.2) is 40.0 Å². The number of hydrogen-bond donors (Lipinski definition) is 1. The van der Waals surface area contributed by atoms with Gasteiger partial charge in [-0.05, 0) is 44.8 Å². The van der Waals surface area contributed by atoms with Crippen LogP contribution >= 0.6 is 11.5 Å². The monoisotopic (exact) mass is 311 g/mol. The van der Waals surface area contributed by atoms with Crippen molar-refractivity contribution in [3.63, 3.8) is 0 Å². The average Bonchev–Trinajstić information content (AvgIpc) is 2.93. The van der Waals surface area contributed by atoms with Crippen molar-refractivity contribution in [1.82, 2.24) is 9.27 Å². The molecule has 0 radical (unpaired) electrons. The van der Waals surface area contributed by atoms with E-state index in [0.29, 0.717) is 13.1 Å². The van der Waals surface area contributed by atoms with Crippen molar-refractivity contribution in [3.05, 3.63) is 11.8 Å². The Kier molecular flexibility index (Phi) is 4.51. The van der Waals surface area contributed by atoms with E-state index in [2.05, 4.69) is 9.69 Å². The quantitative estimate of drug-likeness (QED) is 0.911. The summed E-state index contributed by atoms with van der Waals surface area (Å²) in [4.78, 5) is 24.7. The number of carbonyl (C=O) groups excluding carboxylic acids is 2. The van der Waals surface area contributed by atoms with E-state index in [1.54, 1.807) is 4.90 Å². The van der Waals surface area contributed by atoms with Gasteiger partial charge in [0, 0.05) is 25.9 Å². The molecule has 1 aliphatic rings. The van der Waals surface area contributed by atoms with Gasteiger partial charge in [-0.1, -0.05) is 0 Å². The Labute approximate surface area is 128 Å². The summed E-state index contributed by atoms with van der Waals surface area (Å²) >= 11 is 1.27. The van der Waals surface area contributed by atoms with Crippen LogP contribution in [0.5, 0.6) is 0 Å². The van der Waals surface area contributed by atoms with E-state index in [4.69, 9.17) is 4.74 Å². The van der Waals surface area contributed by atoms with Crippen molar-refractivity contribution in [1.29, 1.82) is 0 Å². The minimum atomic E-state index is -0.478. The van der Waals surface area contributed by atoms with Crippen LogP contribution in [-0.2, 0) is 9.53 Å². The number of rotatable bonds is 2. The minimum absolute atomic E-state index is 0.105. The molecule has 2 rings (SSSR count). The molecule has 0 aliphatic carbocycles. The number of amides is 2. The molecule has 0 aromatic carbocycles. The molecule has 1 aliphatic heterocycles. The molecule has 1 aromatic rings. The van der Waals surface area contributed by atoms with Gasteiger partial charge < -0.3 is 15.0 Å². The lowest BCUT2D eigenvalue weighted by atomic mass is 10.1. The van der Waals surface area contributed by atoms with Crippen LogP contribution < -0.4 is 5.32 Å². The van der Waals surface area contributed by atoms with Gasteiger partial charge in [0.2, 0.25) is 5.91 Å². The first-order valence-electron chi connectivity index (χ1n) is 6.97. The van der Waals surface area contributed by atoms with Crippen molar-refractivity contribution in [2.24, 2.45) is 0 Å². The standard InChI is InChI=1S/C14H21N3O3S/c1-9(18)15-12-7-11(16-21-12)10-5-6-17(8-10)13(19)20-14(2,3)4/h7,10H,5-6,8H2,1-4H3,(H,15,18). The third-order valence-electron chi connectivity index (χ3n) is 3.09. The van der Waals surface area contributed by atoms with Crippen molar-refractivity contribution >= 4 is 28.5 Å². The van der Waals surface area contributed by atoms with Crippen LogP contribution in [0.25, 0.3) is 0 Å². The second kappa shape index (κ2) is 6.01. The zero-order chi connectivity index (χ0) is 15.6. The average molecular weight is 311 g/mol. The molecule has 1 N–H and O–H groups in total. The highest BCUT2D eigenvalue weighted by molar-refractivity contribution is 7.10. The van der Waals surface area contributed by atoms with Crippen LogP contribution in [0, 0.1) is 0 Å². The Morgan fingerprint density at radius 3 is 2.81 bits per heavy atom. The number of nitrogens with one attached hydrogen (secondary N) is 1. The number of anilines is 1. The van der Waals surface area contributed by atoms with Crippen LogP contribution in [0.3, 0.4) is 0 Å². The van der Waals surface area contributed by atoms with E-state index >= 15 is 0 Å². The number of likely N-dealkylation sites (tertiary alicyclic amines) is 1. The molecule has 0 bridgehead atoms. The van der Waals surface area contributed by atoms with E-state index in [9.17, 15) is 9.59 Å². The fourth-order valence-electron chi connectivity index (χ4n) is 2.21. The molecule has 6 nitrogen and oxygen atoms in total. The summed E-state index contributed by atoms with van der Waals surface area (Å²) in [5.74, 6) is 0.100. The van der Waals surface area contributed by atoms with Gasteiger partial charge in [0.1, 0.15) is 10.6 Å². The zero-order valence-corrected chi connectivity index (χ0v) is 13.6. The number of nitrogens with zero attached hydrogens (tertiary/aromatic N) is 2. The van der Waals surface area contributed by atoms with Gasteiger partial charge in [-0.15, -0.1) is 0 Å². The summed E-state index contributed by atoms with van der Waals surface area (Å²) in [5.41, 5.74) is 0.448. The smallest absolute Gasteiger partial charge is 0.410 e. The van der Waals surface area contributed by atoms with Crippen molar-refractivity contribution in [2.45, 2.75) is 45.6 Å². The van der Waals surface area contributed by atoms with Gasteiger partial charge in [-0.2, -0.15) is 4.37 Å². The maximum Gasteiger partial charge on any atom is 0.410 e.